The van der Waals surface area contributed by atoms with Gasteiger partial charge >= 0.3 is 0 Å². The van der Waals surface area contributed by atoms with Gasteiger partial charge in [0, 0.05) is 11.6 Å². The molecule has 1 heterocycles. The molecule has 0 saturated carbocycles. The lowest BCUT2D eigenvalue weighted by Crippen LogP contribution is -2.31. The fraction of sp³-hybridized carbons (Fsp3) is 0.357. The number of aromatic nitrogens is 2. The third kappa shape index (κ3) is 3.06. The predicted molar refractivity (Wildman–Crippen MR) is 85.6 cm³/mol. The molecule has 0 fully saturated rings. The average Bonchev–Trinajstić information content (AvgIpc) is 2.77. The highest BCUT2D eigenvalue weighted by atomic mass is 79.9. The predicted octanol–water partition coefficient (Wildman–Crippen LogP) is 3.57. The number of hydrazine groups is 1. The van der Waals surface area contributed by atoms with E-state index in [0.717, 1.165) is 39.3 Å². The van der Waals surface area contributed by atoms with Gasteiger partial charge in [-0.2, -0.15) is 5.10 Å². The Morgan fingerprint density at radius 3 is 2.85 bits per heavy atom. The van der Waals surface area contributed by atoms with Crippen molar-refractivity contribution in [2.45, 2.75) is 32.9 Å². The Bertz CT molecular complexity index is 597. The van der Waals surface area contributed by atoms with Gasteiger partial charge in [0.15, 0.2) is 0 Å². The fourth-order valence-electron chi connectivity index (χ4n) is 2.17. The van der Waals surface area contributed by atoms with Crippen molar-refractivity contribution in [2.24, 2.45) is 5.84 Å². The standard InChI is InChI=1S/C14H18BrClN4/c1-3-6-20-14(11(15)8-18-20)13(19-17)10-5-4-9(2)12(16)7-10/h4-5,7-8,13,19H,3,6,17H2,1-2H3. The molecule has 0 radical (unpaired) electrons. The van der Waals surface area contributed by atoms with E-state index in [2.05, 4.69) is 33.4 Å². The number of halogens is 2. The molecule has 0 spiro atoms. The Balaban J connectivity index is 2.46. The van der Waals surface area contributed by atoms with Gasteiger partial charge in [0.1, 0.15) is 0 Å². The van der Waals surface area contributed by atoms with Crippen molar-refractivity contribution in [3.05, 3.63) is 50.7 Å². The summed E-state index contributed by atoms with van der Waals surface area (Å²) in [5, 5.41) is 5.12. The Hall–Kier alpha value is -0.880. The highest BCUT2D eigenvalue weighted by Crippen LogP contribution is 2.30. The third-order valence-electron chi connectivity index (χ3n) is 3.24. The van der Waals surface area contributed by atoms with E-state index in [-0.39, 0.29) is 6.04 Å². The maximum absolute atomic E-state index is 6.21. The summed E-state index contributed by atoms with van der Waals surface area (Å²) >= 11 is 9.76. The summed E-state index contributed by atoms with van der Waals surface area (Å²) in [4.78, 5) is 0. The van der Waals surface area contributed by atoms with Crippen molar-refractivity contribution in [1.82, 2.24) is 15.2 Å². The lowest BCUT2D eigenvalue weighted by Gasteiger charge is -2.19. The zero-order chi connectivity index (χ0) is 14.7. The molecule has 0 aliphatic rings. The van der Waals surface area contributed by atoms with Gasteiger partial charge in [-0.05, 0) is 46.5 Å². The summed E-state index contributed by atoms with van der Waals surface area (Å²) in [6.07, 6.45) is 2.80. The molecule has 4 nitrogen and oxygen atoms in total. The Kier molecular flexibility index (Phi) is 5.21. The molecular weight excluding hydrogens is 340 g/mol. The topological polar surface area (TPSA) is 55.9 Å². The van der Waals surface area contributed by atoms with Gasteiger partial charge in [0.2, 0.25) is 0 Å². The molecule has 108 valence electrons. The minimum Gasteiger partial charge on any atom is -0.271 e. The Labute approximate surface area is 132 Å². The van der Waals surface area contributed by atoms with Crippen LogP contribution in [0, 0.1) is 6.92 Å². The highest BCUT2D eigenvalue weighted by molar-refractivity contribution is 9.10. The van der Waals surface area contributed by atoms with Gasteiger partial charge in [-0.1, -0.05) is 30.7 Å². The van der Waals surface area contributed by atoms with Crippen molar-refractivity contribution < 1.29 is 0 Å². The summed E-state index contributed by atoms with van der Waals surface area (Å²) < 4.78 is 2.90. The van der Waals surface area contributed by atoms with E-state index in [4.69, 9.17) is 17.4 Å². The van der Waals surface area contributed by atoms with E-state index in [1.54, 1.807) is 6.20 Å². The first-order chi connectivity index (χ1) is 9.58. The van der Waals surface area contributed by atoms with Crippen LogP contribution in [0.3, 0.4) is 0 Å². The molecule has 2 aromatic rings. The van der Waals surface area contributed by atoms with E-state index >= 15 is 0 Å². The molecule has 6 heteroatoms. The van der Waals surface area contributed by atoms with Crippen molar-refractivity contribution in [3.63, 3.8) is 0 Å². The van der Waals surface area contributed by atoms with Crippen LogP contribution in [0.15, 0.2) is 28.9 Å². The molecule has 1 atom stereocenters. The van der Waals surface area contributed by atoms with Gasteiger partial charge in [0.05, 0.1) is 22.4 Å². The van der Waals surface area contributed by atoms with Crippen LogP contribution in [0.4, 0.5) is 0 Å². The minimum atomic E-state index is -0.156. The zero-order valence-corrected chi connectivity index (χ0v) is 13.9. The smallest absolute Gasteiger partial charge is 0.0890 e. The molecule has 1 aromatic heterocycles. The van der Waals surface area contributed by atoms with Crippen LogP contribution in [0.2, 0.25) is 5.02 Å². The molecule has 0 aliphatic carbocycles. The van der Waals surface area contributed by atoms with E-state index in [1.165, 1.54) is 0 Å². The molecule has 2 rings (SSSR count). The SMILES string of the molecule is CCCn1ncc(Br)c1C(NN)c1ccc(C)c(Cl)c1. The van der Waals surface area contributed by atoms with Crippen LogP contribution in [-0.2, 0) is 6.54 Å². The first-order valence-electron chi connectivity index (χ1n) is 6.51. The van der Waals surface area contributed by atoms with Crippen LogP contribution in [0.5, 0.6) is 0 Å². The fourth-order valence-corrected chi connectivity index (χ4v) is 2.88. The zero-order valence-electron chi connectivity index (χ0n) is 11.5. The van der Waals surface area contributed by atoms with Crippen molar-refractivity contribution >= 4 is 27.5 Å². The number of aryl methyl sites for hydroxylation is 2. The second-order valence-electron chi connectivity index (χ2n) is 4.71. The van der Waals surface area contributed by atoms with Gasteiger partial charge in [0.25, 0.3) is 0 Å². The summed E-state index contributed by atoms with van der Waals surface area (Å²) in [5.41, 5.74) is 5.93. The second kappa shape index (κ2) is 6.72. The van der Waals surface area contributed by atoms with Gasteiger partial charge < -0.3 is 0 Å². The monoisotopic (exact) mass is 356 g/mol. The van der Waals surface area contributed by atoms with Crippen molar-refractivity contribution in [3.8, 4) is 0 Å². The molecule has 0 aliphatic heterocycles. The van der Waals surface area contributed by atoms with E-state index in [1.807, 2.05) is 29.8 Å². The molecule has 1 unspecified atom stereocenters. The molecule has 0 amide bonds. The minimum absolute atomic E-state index is 0.156. The Morgan fingerprint density at radius 2 is 2.25 bits per heavy atom. The quantitative estimate of drug-likeness (QED) is 0.635. The van der Waals surface area contributed by atoms with E-state index in [9.17, 15) is 0 Å². The van der Waals surface area contributed by atoms with Crippen molar-refractivity contribution in [2.75, 3.05) is 0 Å². The summed E-state index contributed by atoms with van der Waals surface area (Å²) in [6.45, 7) is 4.94. The van der Waals surface area contributed by atoms with Crippen LogP contribution < -0.4 is 11.3 Å². The summed E-state index contributed by atoms with van der Waals surface area (Å²) in [5.74, 6) is 5.76. The number of benzene rings is 1. The van der Waals surface area contributed by atoms with Crippen LogP contribution in [0.25, 0.3) is 0 Å². The Morgan fingerprint density at radius 1 is 1.50 bits per heavy atom. The van der Waals surface area contributed by atoms with Crippen LogP contribution >= 0.6 is 27.5 Å². The maximum atomic E-state index is 6.21. The number of nitrogens with zero attached hydrogens (tertiary/aromatic N) is 2. The van der Waals surface area contributed by atoms with Crippen LogP contribution in [0.1, 0.15) is 36.2 Å². The average molecular weight is 358 g/mol. The third-order valence-corrected chi connectivity index (χ3v) is 4.26. The normalized spacial score (nSPS) is 12.7. The van der Waals surface area contributed by atoms with Gasteiger partial charge in [-0.3, -0.25) is 10.5 Å². The number of rotatable bonds is 5. The van der Waals surface area contributed by atoms with Crippen molar-refractivity contribution in [1.29, 1.82) is 0 Å². The molecule has 20 heavy (non-hydrogen) atoms. The first kappa shape index (κ1) is 15.5. The highest BCUT2D eigenvalue weighted by Gasteiger charge is 2.21. The van der Waals surface area contributed by atoms with Gasteiger partial charge in [-0.15, -0.1) is 0 Å². The maximum Gasteiger partial charge on any atom is 0.0890 e. The number of hydrogen-bond donors (Lipinski definition) is 2. The number of hydrogen-bond acceptors (Lipinski definition) is 3. The summed E-state index contributed by atoms with van der Waals surface area (Å²) in [6, 6.07) is 5.81. The number of nitrogens with two attached hydrogens (primary N) is 1. The van der Waals surface area contributed by atoms with E-state index < -0.39 is 0 Å². The molecule has 0 saturated heterocycles. The largest absolute Gasteiger partial charge is 0.271 e. The molecule has 1 aromatic carbocycles. The lowest BCUT2D eigenvalue weighted by molar-refractivity contribution is 0.519. The van der Waals surface area contributed by atoms with Crippen LogP contribution in [-0.4, -0.2) is 9.78 Å². The molecule has 3 N–H and O–H groups in total. The summed E-state index contributed by atoms with van der Waals surface area (Å²) in [7, 11) is 0. The second-order valence-corrected chi connectivity index (χ2v) is 5.97. The molecular formula is C14H18BrClN4. The number of nitrogens with one attached hydrogen (secondary N) is 1. The van der Waals surface area contributed by atoms with E-state index in [0.29, 0.717) is 0 Å². The van der Waals surface area contributed by atoms with Gasteiger partial charge in [-0.25, -0.2) is 5.43 Å². The lowest BCUT2D eigenvalue weighted by atomic mass is 10.0. The first-order valence-corrected chi connectivity index (χ1v) is 7.69. The molecule has 0 bridgehead atoms.